The van der Waals surface area contributed by atoms with Crippen molar-refractivity contribution < 1.29 is 4.79 Å². The van der Waals surface area contributed by atoms with Crippen molar-refractivity contribution in [2.24, 2.45) is 0 Å². The minimum Gasteiger partial charge on any atom is -0.306 e. The lowest BCUT2D eigenvalue weighted by molar-refractivity contribution is 0.112. The van der Waals surface area contributed by atoms with Crippen LogP contribution >= 0.6 is 11.6 Å². The summed E-state index contributed by atoms with van der Waals surface area (Å²) in [6.07, 6.45) is 2.86. The molecule has 1 fully saturated rings. The second kappa shape index (κ2) is 4.55. The number of piperidine rings is 1. The summed E-state index contributed by atoms with van der Waals surface area (Å²) in [5, 5.41) is 4.85. The molecular formula is C11H16ClN3O. The number of carbonyl (C=O) groups excluding carboxylic acids is 1. The van der Waals surface area contributed by atoms with Crippen molar-refractivity contribution in [1.82, 2.24) is 14.7 Å². The number of aldehydes is 1. The number of carbonyl (C=O) groups is 1. The maximum absolute atomic E-state index is 10.9. The first-order valence-electron chi connectivity index (χ1n) is 5.51. The van der Waals surface area contributed by atoms with Gasteiger partial charge in [0, 0.05) is 0 Å². The van der Waals surface area contributed by atoms with Crippen LogP contribution in [-0.2, 0) is 0 Å². The van der Waals surface area contributed by atoms with E-state index in [0.29, 0.717) is 16.8 Å². The molecule has 0 bridgehead atoms. The molecule has 88 valence electrons. The van der Waals surface area contributed by atoms with Gasteiger partial charge in [0.2, 0.25) is 0 Å². The van der Waals surface area contributed by atoms with E-state index in [2.05, 4.69) is 17.0 Å². The fraction of sp³-hybridized carbons (Fsp3) is 0.636. The highest BCUT2D eigenvalue weighted by Gasteiger charge is 2.23. The molecule has 0 amide bonds. The Kier molecular flexibility index (Phi) is 3.30. The van der Waals surface area contributed by atoms with Gasteiger partial charge in [-0.1, -0.05) is 11.6 Å². The number of rotatable bonds is 2. The maximum atomic E-state index is 10.9. The molecule has 0 unspecified atom stereocenters. The minimum atomic E-state index is 0.330. The van der Waals surface area contributed by atoms with Gasteiger partial charge in [-0.15, -0.1) is 0 Å². The van der Waals surface area contributed by atoms with Gasteiger partial charge in [-0.2, -0.15) is 5.10 Å². The Bertz CT molecular complexity index is 394. The van der Waals surface area contributed by atoms with Crippen LogP contribution in [0.1, 0.15) is 34.9 Å². The third kappa shape index (κ3) is 1.99. The third-order valence-electron chi connectivity index (χ3n) is 3.22. The lowest BCUT2D eigenvalue weighted by atomic mass is 10.1. The van der Waals surface area contributed by atoms with Crippen LogP contribution < -0.4 is 0 Å². The largest absolute Gasteiger partial charge is 0.306 e. The minimum absolute atomic E-state index is 0.330. The summed E-state index contributed by atoms with van der Waals surface area (Å²) < 4.78 is 1.81. The molecule has 0 atom stereocenters. The van der Waals surface area contributed by atoms with E-state index in [4.69, 9.17) is 11.6 Å². The normalized spacial score (nSPS) is 18.9. The van der Waals surface area contributed by atoms with Crippen molar-refractivity contribution in [3.05, 3.63) is 16.4 Å². The molecule has 1 saturated heterocycles. The van der Waals surface area contributed by atoms with Crippen LogP contribution in [-0.4, -0.2) is 41.1 Å². The van der Waals surface area contributed by atoms with Gasteiger partial charge in [0.1, 0.15) is 5.15 Å². The number of nitrogens with zero attached hydrogens (tertiary/aromatic N) is 3. The van der Waals surface area contributed by atoms with E-state index in [1.165, 1.54) is 0 Å². The highest BCUT2D eigenvalue weighted by atomic mass is 35.5. The molecule has 0 aromatic carbocycles. The molecule has 4 nitrogen and oxygen atoms in total. The Balaban J connectivity index is 2.24. The Labute approximate surface area is 100 Å². The molecular weight excluding hydrogens is 226 g/mol. The first-order chi connectivity index (χ1) is 7.63. The molecule has 0 N–H and O–H groups in total. The summed E-state index contributed by atoms with van der Waals surface area (Å²) in [4.78, 5) is 13.1. The number of aryl methyl sites for hydroxylation is 1. The van der Waals surface area contributed by atoms with Crippen molar-refractivity contribution in [3.8, 4) is 0 Å². The third-order valence-corrected chi connectivity index (χ3v) is 3.60. The van der Waals surface area contributed by atoms with Crippen LogP contribution in [0.3, 0.4) is 0 Å². The maximum Gasteiger partial charge on any atom is 0.155 e. The Morgan fingerprint density at radius 1 is 1.44 bits per heavy atom. The van der Waals surface area contributed by atoms with Crippen molar-refractivity contribution in [3.63, 3.8) is 0 Å². The van der Waals surface area contributed by atoms with Gasteiger partial charge >= 0.3 is 0 Å². The average Bonchev–Trinajstić information content (AvgIpc) is 2.55. The summed E-state index contributed by atoms with van der Waals surface area (Å²) in [5.41, 5.74) is 1.25. The fourth-order valence-electron chi connectivity index (χ4n) is 2.15. The Morgan fingerprint density at radius 2 is 2.06 bits per heavy atom. The molecule has 2 heterocycles. The quantitative estimate of drug-likeness (QED) is 0.743. The zero-order valence-corrected chi connectivity index (χ0v) is 10.4. The van der Waals surface area contributed by atoms with Gasteiger partial charge in [-0.25, -0.2) is 4.68 Å². The van der Waals surface area contributed by atoms with Crippen molar-refractivity contribution in [1.29, 1.82) is 0 Å². The summed E-state index contributed by atoms with van der Waals surface area (Å²) >= 11 is 6.16. The van der Waals surface area contributed by atoms with E-state index >= 15 is 0 Å². The standard InChI is InChI=1S/C11H16ClN3O/c1-8-10(7-16)11(12)15(13-8)9-3-5-14(2)6-4-9/h7,9H,3-6H2,1-2H3. The Morgan fingerprint density at radius 3 is 2.56 bits per heavy atom. The van der Waals surface area contributed by atoms with Gasteiger partial charge in [0.25, 0.3) is 0 Å². The number of hydrogen-bond donors (Lipinski definition) is 0. The summed E-state index contributed by atoms with van der Waals surface area (Å²) in [7, 11) is 2.11. The molecule has 2 rings (SSSR count). The summed E-state index contributed by atoms with van der Waals surface area (Å²) in [6, 6.07) is 0.330. The van der Waals surface area contributed by atoms with Crippen LogP contribution in [0.25, 0.3) is 0 Å². The molecule has 0 radical (unpaired) electrons. The van der Waals surface area contributed by atoms with E-state index in [-0.39, 0.29) is 0 Å². The highest BCUT2D eigenvalue weighted by molar-refractivity contribution is 6.32. The predicted molar refractivity (Wildman–Crippen MR) is 63.1 cm³/mol. The van der Waals surface area contributed by atoms with Gasteiger partial charge < -0.3 is 4.90 Å². The highest BCUT2D eigenvalue weighted by Crippen LogP contribution is 2.27. The topological polar surface area (TPSA) is 38.1 Å². The first kappa shape index (κ1) is 11.6. The fourth-order valence-corrected chi connectivity index (χ4v) is 2.50. The number of aromatic nitrogens is 2. The van der Waals surface area contributed by atoms with E-state index in [0.717, 1.165) is 37.9 Å². The SMILES string of the molecule is Cc1nn(C2CCN(C)CC2)c(Cl)c1C=O. The van der Waals surface area contributed by atoms with Gasteiger partial charge in [-0.3, -0.25) is 4.79 Å². The second-order valence-corrected chi connectivity index (χ2v) is 4.74. The molecule has 1 aromatic rings. The van der Waals surface area contributed by atoms with Crippen LogP contribution in [0.5, 0.6) is 0 Å². The molecule has 0 spiro atoms. The summed E-state index contributed by atoms with van der Waals surface area (Å²) in [5.74, 6) is 0. The van der Waals surface area contributed by atoms with Gasteiger partial charge in [0.15, 0.2) is 6.29 Å². The average molecular weight is 242 g/mol. The monoisotopic (exact) mass is 241 g/mol. The van der Waals surface area contributed by atoms with Crippen molar-refractivity contribution >= 4 is 17.9 Å². The first-order valence-corrected chi connectivity index (χ1v) is 5.89. The lowest BCUT2D eigenvalue weighted by Crippen LogP contribution is -2.31. The van der Waals surface area contributed by atoms with Crippen LogP contribution in [0.2, 0.25) is 5.15 Å². The number of hydrogen-bond acceptors (Lipinski definition) is 3. The van der Waals surface area contributed by atoms with E-state index in [1.54, 1.807) is 0 Å². The molecule has 1 aliphatic heterocycles. The van der Waals surface area contributed by atoms with Gasteiger partial charge in [0.05, 0.1) is 17.3 Å². The van der Waals surface area contributed by atoms with Crippen molar-refractivity contribution in [2.45, 2.75) is 25.8 Å². The van der Waals surface area contributed by atoms with E-state index in [9.17, 15) is 4.79 Å². The lowest BCUT2D eigenvalue weighted by Gasteiger charge is -2.29. The molecule has 1 aromatic heterocycles. The zero-order valence-electron chi connectivity index (χ0n) is 9.61. The smallest absolute Gasteiger partial charge is 0.155 e. The summed E-state index contributed by atoms with van der Waals surface area (Å²) in [6.45, 7) is 3.92. The van der Waals surface area contributed by atoms with Crippen LogP contribution in [0.4, 0.5) is 0 Å². The van der Waals surface area contributed by atoms with Crippen LogP contribution in [0.15, 0.2) is 0 Å². The van der Waals surface area contributed by atoms with E-state index < -0.39 is 0 Å². The van der Waals surface area contributed by atoms with E-state index in [1.807, 2.05) is 11.6 Å². The molecule has 1 aliphatic rings. The van der Waals surface area contributed by atoms with Crippen LogP contribution in [0, 0.1) is 6.92 Å². The molecule has 5 heteroatoms. The van der Waals surface area contributed by atoms with Gasteiger partial charge in [-0.05, 0) is 39.9 Å². The molecule has 0 saturated carbocycles. The molecule has 16 heavy (non-hydrogen) atoms. The molecule has 0 aliphatic carbocycles. The van der Waals surface area contributed by atoms with Crippen molar-refractivity contribution in [2.75, 3.05) is 20.1 Å². The predicted octanol–water partition coefficient (Wildman–Crippen LogP) is 1.92. The zero-order chi connectivity index (χ0) is 11.7. The number of halogens is 1. The number of likely N-dealkylation sites (tertiary alicyclic amines) is 1. The Hall–Kier alpha value is -0.870. The second-order valence-electron chi connectivity index (χ2n) is 4.39.